The molecule has 2 aliphatic rings. The minimum absolute atomic E-state index is 0.114. The molecular weight excluding hydrogens is 310 g/mol. The molecule has 6 nitrogen and oxygen atoms in total. The first-order valence-corrected chi connectivity index (χ1v) is 8.53. The van der Waals surface area contributed by atoms with Crippen molar-refractivity contribution in [2.24, 2.45) is 0 Å². The molecule has 2 heterocycles. The molecule has 0 spiro atoms. The molecule has 0 aliphatic carbocycles. The maximum Gasteiger partial charge on any atom is 0.326 e. The van der Waals surface area contributed by atoms with E-state index in [4.69, 9.17) is 9.47 Å². The smallest absolute Gasteiger partial charge is 0.326 e. The van der Waals surface area contributed by atoms with E-state index in [9.17, 15) is 14.7 Å². The average Bonchev–Trinajstić information content (AvgIpc) is 3.13. The third kappa shape index (κ3) is 3.87. The number of nitrogens with zero attached hydrogens (tertiary/aromatic N) is 1. The molecule has 1 aromatic carbocycles. The summed E-state index contributed by atoms with van der Waals surface area (Å²) in [4.78, 5) is 25.6. The average molecular weight is 333 g/mol. The number of benzene rings is 1. The van der Waals surface area contributed by atoms with Crippen LogP contribution in [0.5, 0.6) is 5.75 Å². The van der Waals surface area contributed by atoms with E-state index in [1.54, 1.807) is 24.3 Å². The quantitative estimate of drug-likeness (QED) is 0.895. The van der Waals surface area contributed by atoms with Crippen LogP contribution in [0.3, 0.4) is 0 Å². The van der Waals surface area contributed by atoms with E-state index >= 15 is 0 Å². The molecule has 2 aliphatic heterocycles. The summed E-state index contributed by atoms with van der Waals surface area (Å²) >= 11 is 0. The SMILES string of the molecule is O=C(O)[C@H]1CCCCN1C(=O)c1cccc(OC[C@@H]2CCCO2)c1. The normalized spacial score (nSPS) is 23.9. The Morgan fingerprint density at radius 1 is 1.25 bits per heavy atom. The number of ether oxygens (including phenoxy) is 2. The van der Waals surface area contributed by atoms with Crippen LogP contribution in [-0.2, 0) is 9.53 Å². The maximum absolute atomic E-state index is 12.7. The highest BCUT2D eigenvalue weighted by Crippen LogP contribution is 2.22. The molecule has 0 saturated carbocycles. The molecule has 2 saturated heterocycles. The second-order valence-corrected chi connectivity index (χ2v) is 6.32. The van der Waals surface area contributed by atoms with Crippen molar-refractivity contribution in [3.8, 4) is 5.75 Å². The minimum Gasteiger partial charge on any atom is -0.491 e. The standard InChI is InChI=1S/C18H23NO5/c20-17(19-9-2-1-8-16(19)18(21)22)13-5-3-6-14(11-13)24-12-15-7-4-10-23-15/h3,5-6,11,15-16H,1-2,4,7-10,12H2,(H,21,22)/t15-,16+/m0/s1. The van der Waals surface area contributed by atoms with E-state index in [-0.39, 0.29) is 12.0 Å². The van der Waals surface area contributed by atoms with Crippen molar-refractivity contribution in [2.75, 3.05) is 19.8 Å². The van der Waals surface area contributed by atoms with Crippen LogP contribution in [0, 0.1) is 0 Å². The van der Waals surface area contributed by atoms with Gasteiger partial charge in [-0.1, -0.05) is 6.07 Å². The first-order chi connectivity index (χ1) is 11.6. The molecule has 0 aromatic heterocycles. The third-order valence-corrected chi connectivity index (χ3v) is 4.59. The maximum atomic E-state index is 12.7. The summed E-state index contributed by atoms with van der Waals surface area (Å²) in [7, 11) is 0. The number of carboxylic acid groups (broad SMARTS) is 1. The van der Waals surface area contributed by atoms with E-state index in [1.807, 2.05) is 0 Å². The molecule has 0 unspecified atom stereocenters. The molecule has 0 radical (unpaired) electrons. The number of carbonyl (C=O) groups excluding carboxylic acids is 1. The van der Waals surface area contributed by atoms with Crippen molar-refractivity contribution in [3.63, 3.8) is 0 Å². The Morgan fingerprint density at radius 2 is 2.12 bits per heavy atom. The zero-order valence-electron chi connectivity index (χ0n) is 13.6. The zero-order valence-corrected chi connectivity index (χ0v) is 13.6. The lowest BCUT2D eigenvalue weighted by molar-refractivity contribution is -0.143. The monoisotopic (exact) mass is 333 g/mol. The molecule has 1 N–H and O–H groups in total. The molecule has 3 rings (SSSR count). The van der Waals surface area contributed by atoms with Crippen molar-refractivity contribution in [3.05, 3.63) is 29.8 Å². The van der Waals surface area contributed by atoms with Crippen LogP contribution >= 0.6 is 0 Å². The van der Waals surface area contributed by atoms with Crippen LogP contribution in [0.1, 0.15) is 42.5 Å². The van der Waals surface area contributed by atoms with Gasteiger partial charge in [-0.3, -0.25) is 4.79 Å². The second-order valence-electron chi connectivity index (χ2n) is 6.32. The molecule has 2 atom stereocenters. The fourth-order valence-corrected chi connectivity index (χ4v) is 3.28. The Bertz CT molecular complexity index is 597. The van der Waals surface area contributed by atoms with Crippen LogP contribution in [-0.4, -0.2) is 53.8 Å². The van der Waals surface area contributed by atoms with Gasteiger partial charge in [0, 0.05) is 18.7 Å². The van der Waals surface area contributed by atoms with Crippen LogP contribution < -0.4 is 4.74 Å². The lowest BCUT2D eigenvalue weighted by atomic mass is 10.0. The van der Waals surface area contributed by atoms with Crippen molar-refractivity contribution < 1.29 is 24.2 Å². The molecule has 24 heavy (non-hydrogen) atoms. The van der Waals surface area contributed by atoms with Crippen LogP contribution in [0.2, 0.25) is 0 Å². The van der Waals surface area contributed by atoms with Gasteiger partial charge in [0.25, 0.3) is 5.91 Å². The summed E-state index contributed by atoms with van der Waals surface area (Å²) in [5.74, 6) is -0.571. The van der Waals surface area contributed by atoms with Gasteiger partial charge in [-0.2, -0.15) is 0 Å². The van der Waals surface area contributed by atoms with Crippen molar-refractivity contribution in [1.82, 2.24) is 4.90 Å². The number of piperidine rings is 1. The van der Waals surface area contributed by atoms with Gasteiger partial charge in [-0.15, -0.1) is 0 Å². The number of amides is 1. The molecule has 1 amide bonds. The Labute approximate surface area is 141 Å². The Hall–Kier alpha value is -2.08. The highest BCUT2D eigenvalue weighted by molar-refractivity contribution is 5.97. The summed E-state index contributed by atoms with van der Waals surface area (Å²) in [6.07, 6.45) is 4.35. The highest BCUT2D eigenvalue weighted by atomic mass is 16.5. The summed E-state index contributed by atoms with van der Waals surface area (Å²) in [6.45, 7) is 1.73. The Balaban J connectivity index is 1.67. The van der Waals surface area contributed by atoms with Gasteiger partial charge >= 0.3 is 5.97 Å². The molecule has 2 fully saturated rings. The van der Waals surface area contributed by atoms with Gasteiger partial charge in [0.2, 0.25) is 0 Å². The number of likely N-dealkylation sites (tertiary alicyclic amines) is 1. The predicted octanol–water partition coefficient (Wildman–Crippen LogP) is 2.32. The van der Waals surface area contributed by atoms with Gasteiger partial charge in [-0.25, -0.2) is 4.79 Å². The van der Waals surface area contributed by atoms with Gasteiger partial charge in [-0.05, 0) is 50.3 Å². The number of rotatable bonds is 5. The first kappa shape index (κ1) is 16.8. The third-order valence-electron chi connectivity index (χ3n) is 4.59. The number of hydrogen-bond acceptors (Lipinski definition) is 4. The first-order valence-electron chi connectivity index (χ1n) is 8.53. The molecule has 0 bridgehead atoms. The zero-order chi connectivity index (χ0) is 16.9. The molecular formula is C18H23NO5. The Morgan fingerprint density at radius 3 is 2.88 bits per heavy atom. The van der Waals surface area contributed by atoms with E-state index in [0.717, 1.165) is 32.3 Å². The Kier molecular flexibility index (Phi) is 5.35. The summed E-state index contributed by atoms with van der Waals surface area (Å²) in [5.41, 5.74) is 0.466. The van der Waals surface area contributed by atoms with Gasteiger partial charge in [0.1, 0.15) is 18.4 Å². The second kappa shape index (κ2) is 7.66. The van der Waals surface area contributed by atoms with Crippen LogP contribution in [0.25, 0.3) is 0 Å². The molecule has 1 aromatic rings. The summed E-state index contributed by atoms with van der Waals surface area (Å²) in [6, 6.07) is 6.22. The van der Waals surface area contributed by atoms with E-state index in [1.165, 1.54) is 4.90 Å². The number of hydrogen-bond donors (Lipinski definition) is 1. The lowest BCUT2D eigenvalue weighted by Gasteiger charge is -2.33. The fraction of sp³-hybridized carbons (Fsp3) is 0.556. The lowest BCUT2D eigenvalue weighted by Crippen LogP contribution is -2.47. The van der Waals surface area contributed by atoms with E-state index in [2.05, 4.69) is 0 Å². The van der Waals surface area contributed by atoms with Gasteiger partial charge < -0.3 is 19.5 Å². The minimum atomic E-state index is -0.936. The van der Waals surface area contributed by atoms with Crippen LogP contribution in [0.15, 0.2) is 24.3 Å². The van der Waals surface area contributed by atoms with Gasteiger partial charge in [0.15, 0.2) is 0 Å². The topological polar surface area (TPSA) is 76.1 Å². The van der Waals surface area contributed by atoms with Crippen molar-refractivity contribution >= 4 is 11.9 Å². The largest absolute Gasteiger partial charge is 0.491 e. The molecule has 130 valence electrons. The van der Waals surface area contributed by atoms with Crippen molar-refractivity contribution in [2.45, 2.75) is 44.2 Å². The molecule has 6 heteroatoms. The number of carboxylic acids is 1. The number of aliphatic carboxylic acids is 1. The fourth-order valence-electron chi connectivity index (χ4n) is 3.28. The van der Waals surface area contributed by atoms with Crippen LogP contribution in [0.4, 0.5) is 0 Å². The number of carbonyl (C=O) groups is 2. The summed E-state index contributed by atoms with van der Waals surface area (Å²) in [5, 5.41) is 9.33. The van der Waals surface area contributed by atoms with E-state index in [0.29, 0.717) is 30.9 Å². The van der Waals surface area contributed by atoms with Gasteiger partial charge in [0.05, 0.1) is 6.10 Å². The highest BCUT2D eigenvalue weighted by Gasteiger charge is 2.32. The van der Waals surface area contributed by atoms with E-state index < -0.39 is 12.0 Å². The van der Waals surface area contributed by atoms with Crippen molar-refractivity contribution in [1.29, 1.82) is 0 Å². The summed E-state index contributed by atoms with van der Waals surface area (Å²) < 4.78 is 11.3. The predicted molar refractivity (Wildman–Crippen MR) is 87.2 cm³/mol.